The van der Waals surface area contributed by atoms with Crippen molar-refractivity contribution in [2.24, 2.45) is 5.73 Å². The van der Waals surface area contributed by atoms with Crippen molar-refractivity contribution < 1.29 is 9.90 Å². The van der Waals surface area contributed by atoms with Gasteiger partial charge < -0.3 is 20.6 Å². The van der Waals surface area contributed by atoms with Crippen molar-refractivity contribution >= 4 is 5.97 Å². The molecule has 0 aromatic carbocycles. The molecule has 0 bridgehead atoms. The van der Waals surface area contributed by atoms with E-state index in [-0.39, 0.29) is 0 Å². The van der Waals surface area contributed by atoms with Gasteiger partial charge in [-0.1, -0.05) is 6.92 Å². The van der Waals surface area contributed by atoms with Gasteiger partial charge in [0.05, 0.1) is 0 Å². The maximum Gasteiger partial charge on any atom is 0.323 e. The Balaban J connectivity index is 3.75. The third kappa shape index (κ3) is 8.97. The van der Waals surface area contributed by atoms with Gasteiger partial charge in [-0.25, -0.2) is 0 Å². The number of unbranched alkanes of at least 4 members (excludes halogenated alkanes) is 1. The van der Waals surface area contributed by atoms with Crippen LogP contribution in [0.3, 0.4) is 0 Å². The zero-order valence-electron chi connectivity index (χ0n) is 13.0. The van der Waals surface area contributed by atoms with Crippen LogP contribution in [0.5, 0.6) is 0 Å². The molecule has 1 unspecified atom stereocenters. The van der Waals surface area contributed by atoms with Crippen molar-refractivity contribution in [2.75, 3.05) is 40.3 Å². The van der Waals surface area contributed by atoms with Crippen molar-refractivity contribution in [1.82, 2.24) is 9.80 Å². The van der Waals surface area contributed by atoms with E-state index in [1.54, 1.807) is 6.92 Å². The lowest BCUT2D eigenvalue weighted by Crippen LogP contribution is -2.44. The summed E-state index contributed by atoms with van der Waals surface area (Å²) in [6, 6.07) is 0. The highest BCUT2D eigenvalue weighted by Crippen LogP contribution is 2.11. The van der Waals surface area contributed by atoms with Crippen LogP contribution in [-0.2, 0) is 4.79 Å². The molecular weight excluding hydrogens is 242 g/mol. The van der Waals surface area contributed by atoms with E-state index >= 15 is 0 Å². The Kier molecular flexibility index (Phi) is 8.97. The SMILES string of the molecule is CCN(CCCCC(C)(N)C(=O)O)CCCN(C)C. The summed E-state index contributed by atoms with van der Waals surface area (Å²) >= 11 is 0. The molecule has 0 rings (SSSR count). The number of nitrogens with zero attached hydrogens (tertiary/aromatic N) is 2. The summed E-state index contributed by atoms with van der Waals surface area (Å²) in [5, 5.41) is 8.92. The molecule has 0 aromatic heterocycles. The smallest absolute Gasteiger partial charge is 0.323 e. The maximum atomic E-state index is 10.9. The first-order valence-electron chi connectivity index (χ1n) is 7.19. The minimum Gasteiger partial charge on any atom is -0.480 e. The molecule has 0 fully saturated rings. The van der Waals surface area contributed by atoms with Gasteiger partial charge in [-0.05, 0) is 72.9 Å². The van der Waals surface area contributed by atoms with Crippen LogP contribution in [0.1, 0.15) is 39.5 Å². The van der Waals surface area contributed by atoms with E-state index in [1.807, 2.05) is 0 Å². The molecule has 3 N–H and O–H groups in total. The van der Waals surface area contributed by atoms with Crippen LogP contribution in [0.15, 0.2) is 0 Å². The third-order valence-electron chi connectivity index (χ3n) is 3.44. The molecule has 0 saturated heterocycles. The first kappa shape index (κ1) is 18.4. The Morgan fingerprint density at radius 2 is 1.74 bits per heavy atom. The molecule has 0 aliphatic carbocycles. The van der Waals surface area contributed by atoms with Crippen LogP contribution in [0, 0.1) is 0 Å². The summed E-state index contributed by atoms with van der Waals surface area (Å²) in [7, 11) is 4.18. The van der Waals surface area contributed by atoms with E-state index in [0.29, 0.717) is 6.42 Å². The number of carboxylic acid groups (broad SMARTS) is 1. The molecule has 5 nitrogen and oxygen atoms in total. The third-order valence-corrected chi connectivity index (χ3v) is 3.44. The monoisotopic (exact) mass is 273 g/mol. The summed E-state index contributed by atoms with van der Waals surface area (Å²) < 4.78 is 0. The van der Waals surface area contributed by atoms with Gasteiger partial charge in [0, 0.05) is 0 Å². The zero-order valence-corrected chi connectivity index (χ0v) is 13.0. The molecule has 19 heavy (non-hydrogen) atoms. The number of carbonyl (C=O) groups is 1. The van der Waals surface area contributed by atoms with E-state index in [2.05, 4.69) is 30.8 Å². The quantitative estimate of drug-likeness (QED) is 0.554. The number of carboxylic acids is 1. The van der Waals surface area contributed by atoms with E-state index in [9.17, 15) is 4.79 Å². The predicted octanol–water partition coefficient (Wildman–Crippen LogP) is 1.23. The van der Waals surface area contributed by atoms with Crippen molar-refractivity contribution in [2.45, 2.75) is 45.1 Å². The molecule has 0 aliphatic rings. The van der Waals surface area contributed by atoms with Crippen LogP contribution in [0.4, 0.5) is 0 Å². The molecule has 0 aliphatic heterocycles. The molecule has 0 radical (unpaired) electrons. The van der Waals surface area contributed by atoms with Crippen LogP contribution in [-0.4, -0.2) is 66.7 Å². The van der Waals surface area contributed by atoms with Gasteiger partial charge in [-0.3, -0.25) is 4.79 Å². The molecule has 0 saturated carbocycles. The molecular formula is C14H31N3O2. The number of nitrogens with two attached hydrogens (primary N) is 1. The summed E-state index contributed by atoms with van der Waals surface area (Å²) in [5.41, 5.74) is 4.62. The molecule has 0 heterocycles. The summed E-state index contributed by atoms with van der Waals surface area (Å²) in [5.74, 6) is -0.911. The van der Waals surface area contributed by atoms with Gasteiger partial charge in [0.25, 0.3) is 0 Å². The van der Waals surface area contributed by atoms with Gasteiger partial charge >= 0.3 is 5.97 Å². The van der Waals surface area contributed by atoms with E-state index in [0.717, 1.165) is 39.0 Å². The summed E-state index contributed by atoms with van der Waals surface area (Å²) in [4.78, 5) is 15.5. The highest BCUT2D eigenvalue weighted by Gasteiger charge is 2.26. The minimum atomic E-state index is -1.08. The van der Waals surface area contributed by atoms with Crippen LogP contribution in [0.25, 0.3) is 0 Å². The lowest BCUT2D eigenvalue weighted by molar-refractivity contribution is -0.142. The Morgan fingerprint density at radius 3 is 2.21 bits per heavy atom. The average molecular weight is 273 g/mol. The van der Waals surface area contributed by atoms with Crippen molar-refractivity contribution in [3.63, 3.8) is 0 Å². The molecule has 0 aromatic rings. The maximum absolute atomic E-state index is 10.9. The fraction of sp³-hybridized carbons (Fsp3) is 0.929. The topological polar surface area (TPSA) is 69.8 Å². The van der Waals surface area contributed by atoms with Gasteiger partial charge in [0.1, 0.15) is 5.54 Å². The fourth-order valence-electron chi connectivity index (χ4n) is 1.97. The minimum absolute atomic E-state index is 0.539. The number of hydrogen-bond donors (Lipinski definition) is 2. The second-order valence-corrected chi connectivity index (χ2v) is 5.77. The second kappa shape index (κ2) is 9.28. The number of rotatable bonds is 11. The van der Waals surface area contributed by atoms with E-state index < -0.39 is 11.5 Å². The van der Waals surface area contributed by atoms with Crippen molar-refractivity contribution in [3.05, 3.63) is 0 Å². The van der Waals surface area contributed by atoms with Gasteiger partial charge in [-0.2, -0.15) is 0 Å². The molecule has 5 heteroatoms. The van der Waals surface area contributed by atoms with E-state index in [4.69, 9.17) is 10.8 Å². The summed E-state index contributed by atoms with van der Waals surface area (Å²) in [6.45, 7) is 8.04. The Labute approximate surface area is 117 Å². The van der Waals surface area contributed by atoms with Gasteiger partial charge in [-0.15, -0.1) is 0 Å². The van der Waals surface area contributed by atoms with Crippen molar-refractivity contribution in [1.29, 1.82) is 0 Å². The molecule has 114 valence electrons. The largest absolute Gasteiger partial charge is 0.480 e. The van der Waals surface area contributed by atoms with Crippen molar-refractivity contribution in [3.8, 4) is 0 Å². The molecule has 0 spiro atoms. The Hall–Kier alpha value is -0.650. The van der Waals surface area contributed by atoms with Gasteiger partial charge in [0.2, 0.25) is 0 Å². The average Bonchev–Trinajstić information content (AvgIpc) is 2.31. The molecule has 0 amide bonds. The predicted molar refractivity (Wildman–Crippen MR) is 79.4 cm³/mol. The first-order chi connectivity index (χ1) is 8.79. The van der Waals surface area contributed by atoms with Crippen LogP contribution >= 0.6 is 0 Å². The summed E-state index contributed by atoms with van der Waals surface area (Å²) in [6.07, 6.45) is 3.58. The lowest BCUT2D eigenvalue weighted by atomic mass is 9.96. The normalized spacial score (nSPS) is 14.9. The standard InChI is InChI=1S/C14H31N3O2/c1-5-17(12-8-10-16(3)4)11-7-6-9-14(2,15)13(18)19/h5-12,15H2,1-4H3,(H,18,19). The van der Waals surface area contributed by atoms with Gasteiger partial charge in [0.15, 0.2) is 0 Å². The Morgan fingerprint density at radius 1 is 1.16 bits per heavy atom. The number of hydrogen-bond acceptors (Lipinski definition) is 4. The number of aliphatic carboxylic acids is 1. The lowest BCUT2D eigenvalue weighted by Gasteiger charge is -2.23. The highest BCUT2D eigenvalue weighted by molar-refractivity contribution is 5.77. The Bertz CT molecular complexity index is 255. The van der Waals surface area contributed by atoms with Crippen LogP contribution < -0.4 is 5.73 Å². The second-order valence-electron chi connectivity index (χ2n) is 5.77. The first-order valence-corrected chi connectivity index (χ1v) is 7.19. The van der Waals surface area contributed by atoms with Crippen LogP contribution in [0.2, 0.25) is 0 Å². The molecule has 1 atom stereocenters. The van der Waals surface area contributed by atoms with E-state index in [1.165, 1.54) is 6.42 Å². The zero-order chi connectivity index (χ0) is 14.9. The fourth-order valence-corrected chi connectivity index (χ4v) is 1.97. The highest BCUT2D eigenvalue weighted by atomic mass is 16.4.